The third kappa shape index (κ3) is 5.67. The summed E-state index contributed by atoms with van der Waals surface area (Å²) in [7, 11) is -16.8. The second-order valence-corrected chi connectivity index (χ2v) is 10.6. The maximum absolute atomic E-state index is 11.9. The van der Waals surface area contributed by atoms with E-state index in [1.165, 1.54) is 0 Å². The maximum Gasteiger partial charge on any atom is 0.490 e. The molecule has 180 valence electrons. The molecule has 0 aromatic carbocycles. The number of nitrogens with zero attached hydrogens (tertiary/aromatic N) is 3. The number of hydrogen-bond acceptors (Lipinski definition) is 13. The van der Waals surface area contributed by atoms with Crippen LogP contribution in [0.3, 0.4) is 0 Å². The average Bonchev–Trinajstić information content (AvgIpc) is 3.12. The summed E-state index contributed by atoms with van der Waals surface area (Å²) in [4.78, 5) is 57.3. The number of aromatic nitrogens is 4. The topological polar surface area (TPSA) is 299 Å². The van der Waals surface area contributed by atoms with E-state index in [4.69, 9.17) is 25.2 Å². The highest BCUT2D eigenvalue weighted by Gasteiger charge is 2.47. The molecule has 1 aliphatic rings. The number of nitrogen functional groups attached to an aromatic ring is 1. The molecule has 0 saturated carbocycles. The summed E-state index contributed by atoms with van der Waals surface area (Å²) in [5.41, 5.74) is 4.50. The van der Waals surface area contributed by atoms with Crippen molar-refractivity contribution in [3.05, 3.63) is 16.7 Å². The van der Waals surface area contributed by atoms with Crippen molar-refractivity contribution < 1.29 is 61.4 Å². The van der Waals surface area contributed by atoms with Gasteiger partial charge in [-0.25, -0.2) is 18.7 Å². The number of ether oxygens (including phenoxy) is 1. The molecular weight excluding hydrogens is 507 g/mol. The predicted molar refractivity (Wildman–Crippen MR) is 98.3 cm³/mol. The highest BCUT2D eigenvalue weighted by atomic mass is 31.3. The van der Waals surface area contributed by atoms with Crippen LogP contribution in [0, 0.1) is 0 Å². The zero-order valence-corrected chi connectivity index (χ0v) is 18.0. The molecule has 0 radical (unpaired) electrons. The van der Waals surface area contributed by atoms with E-state index in [-0.39, 0.29) is 17.1 Å². The van der Waals surface area contributed by atoms with Crippen molar-refractivity contribution in [2.75, 3.05) is 12.3 Å². The maximum atomic E-state index is 11.9. The van der Waals surface area contributed by atoms with Gasteiger partial charge in [-0.1, -0.05) is 0 Å². The quantitative estimate of drug-likeness (QED) is 0.168. The van der Waals surface area contributed by atoms with Gasteiger partial charge in [0.15, 0.2) is 17.4 Å². The third-order valence-corrected chi connectivity index (χ3v) is 7.68. The average molecular weight is 523 g/mol. The molecule has 1 aliphatic heterocycles. The summed E-state index contributed by atoms with van der Waals surface area (Å²) in [5.74, 6) is -0.276. The highest BCUT2D eigenvalue weighted by Crippen LogP contribution is 2.66. The van der Waals surface area contributed by atoms with Crippen LogP contribution in [-0.2, 0) is 31.6 Å². The molecule has 3 rings (SSSR count). The summed E-state index contributed by atoms with van der Waals surface area (Å²) < 4.78 is 51.6. The van der Waals surface area contributed by atoms with Crippen LogP contribution in [-0.4, -0.2) is 74.2 Å². The fourth-order valence-corrected chi connectivity index (χ4v) is 5.73. The molecule has 2 aromatic heterocycles. The molecule has 32 heavy (non-hydrogen) atoms. The van der Waals surface area contributed by atoms with Gasteiger partial charge >= 0.3 is 23.5 Å². The van der Waals surface area contributed by atoms with Crippen molar-refractivity contribution in [1.82, 2.24) is 19.5 Å². The Morgan fingerprint density at radius 2 is 1.78 bits per heavy atom. The van der Waals surface area contributed by atoms with Crippen LogP contribution in [0.1, 0.15) is 6.23 Å². The largest absolute Gasteiger partial charge is 0.490 e. The number of aliphatic hydroxyl groups is 2. The molecule has 0 amide bonds. The number of hydrogen-bond donors (Lipinski definition) is 8. The Labute approximate surface area is 175 Å². The Kier molecular flexibility index (Phi) is 6.78. The van der Waals surface area contributed by atoms with Crippen molar-refractivity contribution in [3.8, 4) is 0 Å². The fourth-order valence-electron chi connectivity index (χ4n) is 2.70. The number of anilines is 1. The molecule has 3 heterocycles. The van der Waals surface area contributed by atoms with Crippen LogP contribution in [0.4, 0.5) is 5.95 Å². The van der Waals surface area contributed by atoms with E-state index in [2.05, 4.69) is 28.1 Å². The first-order valence-electron chi connectivity index (χ1n) is 8.11. The van der Waals surface area contributed by atoms with Gasteiger partial charge in [0, 0.05) is 0 Å². The van der Waals surface area contributed by atoms with Gasteiger partial charge in [-0.2, -0.15) is 13.6 Å². The van der Waals surface area contributed by atoms with E-state index >= 15 is 0 Å². The number of imidazole rings is 1. The molecule has 0 bridgehead atoms. The van der Waals surface area contributed by atoms with Crippen LogP contribution in [0.5, 0.6) is 0 Å². The van der Waals surface area contributed by atoms with Gasteiger partial charge in [0.2, 0.25) is 5.95 Å². The molecule has 1 fully saturated rings. The minimum atomic E-state index is -5.73. The summed E-state index contributed by atoms with van der Waals surface area (Å²) in [6.45, 7) is -1.01. The minimum Gasteiger partial charge on any atom is -0.387 e. The standard InChI is InChI=1S/C10H16N5O14P3/c11-10-13-7-4(8(18)14-10)12-2-15(7)9-6(17)5(16)3(27-9)1-26-31(22,23)29-32(24,25)28-30(19,20)21/h2-3,5-6,9,16-17H,1H2,(H,22,23)(H,24,25)(H2,19,20,21)(H3,11,13,14,18)/t3?,5-,6?,9?/m1/s1. The zero-order valence-electron chi connectivity index (χ0n) is 15.3. The lowest BCUT2D eigenvalue weighted by Gasteiger charge is -2.19. The highest BCUT2D eigenvalue weighted by molar-refractivity contribution is 7.66. The van der Waals surface area contributed by atoms with Gasteiger partial charge in [0.1, 0.15) is 18.3 Å². The molecule has 0 spiro atoms. The van der Waals surface area contributed by atoms with Crippen molar-refractivity contribution in [2.45, 2.75) is 24.5 Å². The number of aliphatic hydroxyl groups excluding tert-OH is 2. The van der Waals surface area contributed by atoms with Gasteiger partial charge in [-0.15, -0.1) is 0 Å². The van der Waals surface area contributed by atoms with Gasteiger partial charge in [0.05, 0.1) is 12.9 Å². The second-order valence-electron chi connectivity index (χ2n) is 6.21. The smallest absolute Gasteiger partial charge is 0.387 e. The molecular formula is C10H16N5O14P3. The lowest BCUT2D eigenvalue weighted by atomic mass is 10.1. The Hall–Kier alpha value is -1.56. The molecule has 9 N–H and O–H groups in total. The van der Waals surface area contributed by atoms with Crippen molar-refractivity contribution >= 4 is 40.6 Å². The Morgan fingerprint density at radius 1 is 1.12 bits per heavy atom. The van der Waals surface area contributed by atoms with E-state index in [0.29, 0.717) is 0 Å². The normalized spacial score (nSPS) is 27.9. The molecule has 5 unspecified atom stereocenters. The number of aromatic amines is 1. The molecule has 0 aliphatic carbocycles. The van der Waals surface area contributed by atoms with Gasteiger partial charge in [-0.05, 0) is 0 Å². The Morgan fingerprint density at radius 3 is 2.41 bits per heavy atom. The van der Waals surface area contributed by atoms with E-state index in [1.807, 2.05) is 0 Å². The lowest BCUT2D eigenvalue weighted by molar-refractivity contribution is -0.0503. The van der Waals surface area contributed by atoms with Crippen LogP contribution >= 0.6 is 23.5 Å². The molecule has 1 saturated heterocycles. The summed E-state index contributed by atoms with van der Waals surface area (Å²) >= 11 is 0. The van der Waals surface area contributed by atoms with E-state index in [1.54, 1.807) is 0 Å². The predicted octanol–water partition coefficient (Wildman–Crippen LogP) is -2.34. The second kappa shape index (κ2) is 8.66. The van der Waals surface area contributed by atoms with E-state index in [0.717, 1.165) is 10.9 Å². The Balaban J connectivity index is 1.72. The monoisotopic (exact) mass is 523 g/mol. The number of phosphoric ester groups is 1. The van der Waals surface area contributed by atoms with Crippen LogP contribution in [0.25, 0.3) is 11.2 Å². The van der Waals surface area contributed by atoms with Crippen molar-refractivity contribution in [1.29, 1.82) is 0 Å². The van der Waals surface area contributed by atoms with Gasteiger partial charge in [0.25, 0.3) is 5.56 Å². The third-order valence-electron chi connectivity index (χ3n) is 3.88. The number of rotatable bonds is 8. The SMILES string of the molecule is Nc1nc2c(ncn2C2OC(COP(=O)(O)OP(=O)(O)OP(=O)(O)O)[C@@H](O)C2O)c(=O)[nH]1. The number of H-pyrrole nitrogens is 1. The van der Waals surface area contributed by atoms with E-state index < -0.39 is 60.2 Å². The van der Waals surface area contributed by atoms with Crippen LogP contribution in [0.2, 0.25) is 0 Å². The summed E-state index contributed by atoms with van der Waals surface area (Å²) in [6, 6.07) is 0. The fraction of sp³-hybridized carbons (Fsp3) is 0.500. The number of nitrogens with two attached hydrogens (primary N) is 1. The van der Waals surface area contributed by atoms with Crippen molar-refractivity contribution in [2.24, 2.45) is 0 Å². The van der Waals surface area contributed by atoms with Gasteiger partial charge < -0.3 is 40.3 Å². The first-order valence-corrected chi connectivity index (χ1v) is 12.6. The Bertz CT molecular complexity index is 1210. The molecule has 22 heteroatoms. The van der Waals surface area contributed by atoms with Gasteiger partial charge in [-0.3, -0.25) is 18.9 Å². The number of phosphoric acid groups is 3. The lowest BCUT2D eigenvalue weighted by Crippen LogP contribution is -2.33. The molecule has 19 nitrogen and oxygen atoms in total. The zero-order chi connectivity index (χ0) is 24.1. The first-order chi connectivity index (χ1) is 14.6. The van der Waals surface area contributed by atoms with Crippen LogP contribution in [0.15, 0.2) is 11.1 Å². The van der Waals surface area contributed by atoms with E-state index in [9.17, 15) is 33.6 Å². The molecule has 6 atom stereocenters. The summed E-state index contributed by atoms with van der Waals surface area (Å²) in [5, 5.41) is 20.4. The molecule has 2 aromatic rings. The summed E-state index contributed by atoms with van der Waals surface area (Å²) in [6.07, 6.45) is -5.33. The number of nitrogens with one attached hydrogen (secondary N) is 1. The van der Waals surface area contributed by atoms with Crippen LogP contribution < -0.4 is 11.3 Å². The minimum absolute atomic E-state index is 0.115. The van der Waals surface area contributed by atoms with Crippen molar-refractivity contribution in [3.63, 3.8) is 0 Å². The number of fused-ring (bicyclic) bond motifs is 1. The first kappa shape index (κ1) is 25.1.